The van der Waals surface area contributed by atoms with Gasteiger partial charge in [-0.2, -0.15) is 0 Å². The minimum Gasteiger partial charge on any atom is -0.444 e. The molecular formula is C13H19NO3S2. The summed E-state index contributed by atoms with van der Waals surface area (Å²) in [7, 11) is -0.907. The number of amides is 1. The summed E-state index contributed by atoms with van der Waals surface area (Å²) in [5.41, 5.74) is -0.494. The van der Waals surface area contributed by atoms with Crippen LogP contribution >= 0.6 is 11.3 Å². The molecule has 106 valence electrons. The van der Waals surface area contributed by atoms with Gasteiger partial charge in [-0.1, -0.05) is 6.07 Å². The van der Waals surface area contributed by atoms with E-state index in [4.69, 9.17) is 4.74 Å². The van der Waals surface area contributed by atoms with Gasteiger partial charge < -0.3 is 9.64 Å². The summed E-state index contributed by atoms with van der Waals surface area (Å²) in [6.45, 7) is 6.53. The molecule has 0 bridgehead atoms. The quantitative estimate of drug-likeness (QED) is 0.801. The lowest BCUT2D eigenvalue weighted by Gasteiger charge is -2.33. The van der Waals surface area contributed by atoms with Gasteiger partial charge in [-0.3, -0.25) is 4.21 Å². The van der Waals surface area contributed by atoms with E-state index < -0.39 is 16.4 Å². The molecule has 1 aliphatic rings. The van der Waals surface area contributed by atoms with Crippen LogP contribution in [-0.4, -0.2) is 39.6 Å². The Bertz CT molecular complexity index is 465. The molecule has 0 radical (unpaired) electrons. The number of carbonyl (C=O) groups is 1. The van der Waals surface area contributed by atoms with E-state index in [9.17, 15) is 9.00 Å². The fraction of sp³-hybridized carbons (Fsp3) is 0.615. The summed E-state index contributed by atoms with van der Waals surface area (Å²) in [5.74, 6) is 0.516. The van der Waals surface area contributed by atoms with Crippen molar-refractivity contribution < 1.29 is 13.7 Å². The monoisotopic (exact) mass is 301 g/mol. The molecule has 1 amide bonds. The molecule has 2 unspecified atom stereocenters. The fourth-order valence-electron chi connectivity index (χ4n) is 1.90. The third-order valence-electron chi connectivity index (χ3n) is 2.78. The van der Waals surface area contributed by atoms with Crippen LogP contribution in [0.5, 0.6) is 0 Å². The van der Waals surface area contributed by atoms with Crippen molar-refractivity contribution in [1.82, 2.24) is 4.90 Å². The first-order valence-corrected chi connectivity index (χ1v) is 8.51. The van der Waals surface area contributed by atoms with E-state index in [0.717, 1.165) is 4.88 Å². The molecule has 19 heavy (non-hydrogen) atoms. The topological polar surface area (TPSA) is 46.6 Å². The maximum Gasteiger partial charge on any atom is 0.410 e. The highest BCUT2D eigenvalue weighted by Crippen LogP contribution is 2.29. The lowest BCUT2D eigenvalue weighted by molar-refractivity contribution is 0.0255. The van der Waals surface area contributed by atoms with Gasteiger partial charge in [0.25, 0.3) is 0 Å². The molecule has 1 aromatic heterocycles. The Morgan fingerprint density at radius 3 is 2.84 bits per heavy atom. The minimum absolute atomic E-state index is 0.0822. The van der Waals surface area contributed by atoms with E-state index >= 15 is 0 Å². The van der Waals surface area contributed by atoms with Gasteiger partial charge in [-0.05, 0) is 32.2 Å². The average molecular weight is 301 g/mol. The summed E-state index contributed by atoms with van der Waals surface area (Å²) in [4.78, 5) is 14.8. The van der Waals surface area contributed by atoms with Crippen molar-refractivity contribution in [3.05, 3.63) is 22.4 Å². The third kappa shape index (κ3) is 3.79. The Hall–Kier alpha value is -0.880. The van der Waals surface area contributed by atoms with Crippen LogP contribution in [0.1, 0.15) is 30.9 Å². The Balaban J connectivity index is 2.05. The number of rotatable bonds is 1. The lowest BCUT2D eigenvalue weighted by atomic mass is 10.2. The van der Waals surface area contributed by atoms with Crippen molar-refractivity contribution in [1.29, 1.82) is 0 Å². The van der Waals surface area contributed by atoms with E-state index in [2.05, 4.69) is 0 Å². The number of hydrogen-bond acceptors (Lipinski definition) is 4. The van der Waals surface area contributed by atoms with E-state index in [1.807, 2.05) is 38.3 Å². The Morgan fingerprint density at radius 1 is 1.53 bits per heavy atom. The number of carbonyl (C=O) groups excluding carboxylic acids is 1. The molecule has 1 aliphatic heterocycles. The summed E-state index contributed by atoms with van der Waals surface area (Å²) >= 11 is 1.59. The highest BCUT2D eigenvalue weighted by Gasteiger charge is 2.32. The van der Waals surface area contributed by atoms with Gasteiger partial charge in [0, 0.05) is 34.5 Å². The van der Waals surface area contributed by atoms with Crippen LogP contribution in [0.15, 0.2) is 17.5 Å². The average Bonchev–Trinajstić information content (AvgIpc) is 2.80. The van der Waals surface area contributed by atoms with Crippen LogP contribution in [0.3, 0.4) is 0 Å². The van der Waals surface area contributed by atoms with Gasteiger partial charge in [0.2, 0.25) is 0 Å². The number of nitrogens with zero attached hydrogens (tertiary/aromatic N) is 1. The van der Waals surface area contributed by atoms with E-state index in [1.165, 1.54) is 0 Å². The van der Waals surface area contributed by atoms with Gasteiger partial charge >= 0.3 is 6.09 Å². The van der Waals surface area contributed by atoms with Crippen LogP contribution in [0.2, 0.25) is 0 Å². The van der Waals surface area contributed by atoms with Gasteiger partial charge in [0.1, 0.15) is 5.60 Å². The van der Waals surface area contributed by atoms with Crippen molar-refractivity contribution in [3.8, 4) is 0 Å². The lowest BCUT2D eigenvalue weighted by Crippen LogP contribution is -2.45. The van der Waals surface area contributed by atoms with Gasteiger partial charge in [0.15, 0.2) is 0 Å². The zero-order chi connectivity index (χ0) is 14.0. The summed E-state index contributed by atoms with van der Waals surface area (Å²) in [5, 5.41) is 1.89. The number of ether oxygens (including phenoxy) is 1. The molecule has 2 atom stereocenters. The van der Waals surface area contributed by atoms with E-state index in [-0.39, 0.29) is 11.3 Å². The molecule has 0 aliphatic carbocycles. The van der Waals surface area contributed by atoms with Crippen molar-refractivity contribution in [2.24, 2.45) is 0 Å². The molecule has 4 nitrogen and oxygen atoms in total. The minimum atomic E-state index is -0.907. The molecule has 0 N–H and O–H groups in total. The standard InChI is InChI=1S/C13H19NO3S2/c1-13(2,3)17-12(15)14-6-8-19(16)11(9-14)10-5-4-7-18-10/h4-5,7,11H,6,8-9H2,1-3H3. The fourth-order valence-corrected chi connectivity index (χ4v) is 4.46. The molecule has 6 heteroatoms. The molecular weight excluding hydrogens is 282 g/mol. The maximum atomic E-state index is 12.1. The molecule has 0 spiro atoms. The third-order valence-corrected chi connectivity index (χ3v) is 5.54. The van der Waals surface area contributed by atoms with Crippen LogP contribution in [0, 0.1) is 0 Å². The molecule has 2 rings (SSSR count). The molecule has 1 fully saturated rings. The predicted octanol–water partition coefficient (Wildman–Crippen LogP) is 2.79. The molecule has 1 saturated heterocycles. The van der Waals surface area contributed by atoms with Crippen LogP contribution in [0.4, 0.5) is 4.79 Å². The first-order chi connectivity index (χ1) is 8.87. The largest absolute Gasteiger partial charge is 0.444 e. The van der Waals surface area contributed by atoms with E-state index in [0.29, 0.717) is 18.8 Å². The molecule has 0 saturated carbocycles. The predicted molar refractivity (Wildman–Crippen MR) is 77.9 cm³/mol. The maximum absolute atomic E-state index is 12.1. The first-order valence-electron chi connectivity index (χ1n) is 6.25. The van der Waals surface area contributed by atoms with Crippen LogP contribution in [-0.2, 0) is 15.5 Å². The van der Waals surface area contributed by atoms with Crippen LogP contribution < -0.4 is 0 Å². The van der Waals surface area contributed by atoms with Gasteiger partial charge in [-0.25, -0.2) is 4.79 Å². The second-order valence-electron chi connectivity index (χ2n) is 5.52. The second-order valence-corrected chi connectivity index (χ2v) is 8.23. The Kier molecular flexibility index (Phi) is 4.30. The SMILES string of the molecule is CC(C)(C)OC(=O)N1CCS(=O)C(c2cccs2)C1. The summed E-state index contributed by atoms with van der Waals surface area (Å²) in [6.07, 6.45) is -0.314. The first kappa shape index (κ1) is 14.5. The number of hydrogen-bond donors (Lipinski definition) is 0. The number of thiophene rings is 1. The Labute approximate surface area is 120 Å². The summed E-state index contributed by atoms with van der Waals surface area (Å²) < 4.78 is 17.5. The van der Waals surface area contributed by atoms with Gasteiger partial charge in [0.05, 0.1) is 5.25 Å². The van der Waals surface area contributed by atoms with E-state index in [1.54, 1.807) is 16.2 Å². The Morgan fingerprint density at radius 2 is 2.26 bits per heavy atom. The zero-order valence-electron chi connectivity index (χ0n) is 11.4. The van der Waals surface area contributed by atoms with Gasteiger partial charge in [-0.15, -0.1) is 11.3 Å². The van der Waals surface area contributed by atoms with Crippen molar-refractivity contribution in [2.45, 2.75) is 31.6 Å². The molecule has 1 aromatic rings. The highest BCUT2D eigenvalue weighted by molar-refractivity contribution is 7.85. The summed E-state index contributed by atoms with van der Waals surface area (Å²) in [6, 6.07) is 3.93. The van der Waals surface area contributed by atoms with Crippen molar-refractivity contribution >= 4 is 28.2 Å². The highest BCUT2D eigenvalue weighted by atomic mass is 32.2. The van der Waals surface area contributed by atoms with Crippen molar-refractivity contribution in [3.63, 3.8) is 0 Å². The smallest absolute Gasteiger partial charge is 0.410 e. The van der Waals surface area contributed by atoms with Crippen molar-refractivity contribution in [2.75, 3.05) is 18.8 Å². The molecule has 0 aromatic carbocycles. The molecule has 2 heterocycles. The van der Waals surface area contributed by atoms with Crippen LogP contribution in [0.25, 0.3) is 0 Å². The second kappa shape index (κ2) is 5.63. The normalized spacial score (nSPS) is 24.3. The zero-order valence-corrected chi connectivity index (χ0v) is 13.1.